The van der Waals surface area contributed by atoms with Gasteiger partial charge in [-0.15, -0.1) is 0 Å². The zero-order valence-corrected chi connectivity index (χ0v) is 12.2. The van der Waals surface area contributed by atoms with Crippen LogP contribution in [0.4, 0.5) is 0 Å². The highest BCUT2D eigenvalue weighted by atomic mass is 16.3. The highest BCUT2D eigenvalue weighted by Gasteiger charge is 2.17. The average Bonchev–Trinajstić information content (AvgIpc) is 2.38. The van der Waals surface area contributed by atoms with E-state index in [-0.39, 0.29) is 6.04 Å². The van der Waals surface area contributed by atoms with Gasteiger partial charge in [-0.3, -0.25) is 4.90 Å². The summed E-state index contributed by atoms with van der Waals surface area (Å²) in [5.74, 6) is 1.04. The number of fused-ring (bicyclic) bond motifs is 1. The summed E-state index contributed by atoms with van der Waals surface area (Å²) >= 11 is 0. The highest BCUT2D eigenvalue weighted by Crippen LogP contribution is 2.34. The van der Waals surface area contributed by atoms with Crippen molar-refractivity contribution in [3.63, 3.8) is 0 Å². The summed E-state index contributed by atoms with van der Waals surface area (Å²) in [6, 6.07) is 12.3. The molecule has 102 valence electrons. The Morgan fingerprint density at radius 1 is 1.05 bits per heavy atom. The summed E-state index contributed by atoms with van der Waals surface area (Å²) in [5, 5.41) is 12.5. The molecule has 0 aromatic heterocycles. The van der Waals surface area contributed by atoms with Crippen molar-refractivity contribution in [3.05, 3.63) is 42.0 Å². The molecule has 0 saturated heterocycles. The molecular formula is C17H23NO. The van der Waals surface area contributed by atoms with Crippen molar-refractivity contribution in [1.29, 1.82) is 0 Å². The molecule has 2 aromatic carbocycles. The Balaban J connectivity index is 2.37. The lowest BCUT2D eigenvalue weighted by Crippen LogP contribution is -2.26. The standard InChI is InChI=1S/C17H23NO/c1-12(2)11-18(4)13(3)15-10-9-14-7-5-6-8-16(14)17(15)19/h5-10,12-13,19H,11H2,1-4H3. The van der Waals surface area contributed by atoms with Gasteiger partial charge in [-0.25, -0.2) is 0 Å². The minimum absolute atomic E-state index is 0.215. The van der Waals surface area contributed by atoms with Gasteiger partial charge in [-0.05, 0) is 25.3 Å². The van der Waals surface area contributed by atoms with Crippen LogP contribution >= 0.6 is 0 Å². The molecule has 0 amide bonds. The van der Waals surface area contributed by atoms with Crippen LogP contribution in [0.15, 0.2) is 36.4 Å². The Labute approximate surface area is 115 Å². The Morgan fingerprint density at radius 3 is 2.42 bits per heavy atom. The first-order valence-electron chi connectivity index (χ1n) is 6.91. The van der Waals surface area contributed by atoms with Crippen LogP contribution in [-0.2, 0) is 0 Å². The quantitative estimate of drug-likeness (QED) is 0.887. The molecule has 2 nitrogen and oxygen atoms in total. The second-order valence-electron chi connectivity index (χ2n) is 5.73. The molecule has 2 aromatic rings. The predicted octanol–water partition coefficient (Wildman–Crippen LogP) is 4.19. The largest absolute Gasteiger partial charge is 0.507 e. The topological polar surface area (TPSA) is 23.5 Å². The normalized spacial score (nSPS) is 13.4. The van der Waals surface area contributed by atoms with Crippen LogP contribution < -0.4 is 0 Å². The number of rotatable bonds is 4. The number of benzene rings is 2. The number of hydrogen-bond acceptors (Lipinski definition) is 2. The summed E-state index contributed by atoms with van der Waals surface area (Å²) in [7, 11) is 2.11. The van der Waals surface area contributed by atoms with E-state index in [4.69, 9.17) is 0 Å². The van der Waals surface area contributed by atoms with E-state index >= 15 is 0 Å². The van der Waals surface area contributed by atoms with Gasteiger partial charge in [-0.1, -0.05) is 50.2 Å². The maximum Gasteiger partial charge on any atom is 0.128 e. The summed E-state index contributed by atoms with van der Waals surface area (Å²) in [4.78, 5) is 2.29. The van der Waals surface area contributed by atoms with Gasteiger partial charge in [0.25, 0.3) is 0 Å². The first kappa shape index (κ1) is 13.9. The van der Waals surface area contributed by atoms with Crippen molar-refractivity contribution in [2.24, 2.45) is 5.92 Å². The van der Waals surface area contributed by atoms with E-state index in [0.29, 0.717) is 11.7 Å². The SMILES string of the molecule is CC(C)CN(C)C(C)c1ccc2ccccc2c1O. The van der Waals surface area contributed by atoms with Crippen molar-refractivity contribution >= 4 is 10.8 Å². The molecule has 0 fully saturated rings. The number of phenolic OH excluding ortho intramolecular Hbond substituents is 1. The predicted molar refractivity (Wildman–Crippen MR) is 81.5 cm³/mol. The van der Waals surface area contributed by atoms with Gasteiger partial charge in [0.05, 0.1) is 0 Å². The number of hydrogen-bond donors (Lipinski definition) is 1. The van der Waals surface area contributed by atoms with Gasteiger partial charge >= 0.3 is 0 Å². The smallest absolute Gasteiger partial charge is 0.128 e. The zero-order valence-electron chi connectivity index (χ0n) is 12.2. The van der Waals surface area contributed by atoms with Crippen LogP contribution in [0.25, 0.3) is 10.8 Å². The molecule has 0 aliphatic heterocycles. The second-order valence-corrected chi connectivity index (χ2v) is 5.73. The van der Waals surface area contributed by atoms with Gasteiger partial charge < -0.3 is 5.11 Å². The maximum atomic E-state index is 10.5. The zero-order chi connectivity index (χ0) is 14.0. The van der Waals surface area contributed by atoms with E-state index in [1.54, 1.807) is 0 Å². The van der Waals surface area contributed by atoms with E-state index in [9.17, 15) is 5.11 Å². The Kier molecular flexibility index (Phi) is 4.11. The molecule has 0 heterocycles. The molecule has 0 aliphatic rings. The maximum absolute atomic E-state index is 10.5. The van der Waals surface area contributed by atoms with E-state index in [2.05, 4.69) is 38.8 Å². The van der Waals surface area contributed by atoms with Crippen molar-refractivity contribution in [1.82, 2.24) is 4.90 Å². The first-order valence-corrected chi connectivity index (χ1v) is 6.91. The molecule has 1 unspecified atom stereocenters. The lowest BCUT2D eigenvalue weighted by molar-refractivity contribution is 0.229. The van der Waals surface area contributed by atoms with Gasteiger partial charge in [0.1, 0.15) is 5.75 Å². The lowest BCUT2D eigenvalue weighted by atomic mass is 10.00. The third-order valence-corrected chi connectivity index (χ3v) is 3.70. The third-order valence-electron chi connectivity index (χ3n) is 3.70. The summed E-state index contributed by atoms with van der Waals surface area (Å²) in [6.45, 7) is 7.59. The molecule has 1 atom stereocenters. The summed E-state index contributed by atoms with van der Waals surface area (Å²) in [6.07, 6.45) is 0. The van der Waals surface area contributed by atoms with Crippen molar-refractivity contribution in [2.45, 2.75) is 26.8 Å². The molecule has 1 N–H and O–H groups in total. The fourth-order valence-electron chi connectivity index (χ4n) is 2.58. The molecule has 0 aliphatic carbocycles. The van der Waals surface area contributed by atoms with Crippen molar-refractivity contribution < 1.29 is 5.11 Å². The van der Waals surface area contributed by atoms with Crippen LogP contribution in [-0.4, -0.2) is 23.6 Å². The molecule has 19 heavy (non-hydrogen) atoms. The van der Waals surface area contributed by atoms with Crippen LogP contribution in [0.1, 0.15) is 32.4 Å². The Bertz CT molecular complexity index is 562. The Morgan fingerprint density at radius 2 is 1.74 bits per heavy atom. The van der Waals surface area contributed by atoms with E-state index < -0.39 is 0 Å². The molecular weight excluding hydrogens is 234 g/mol. The molecule has 2 rings (SSSR count). The van der Waals surface area contributed by atoms with E-state index in [0.717, 1.165) is 22.9 Å². The minimum Gasteiger partial charge on any atom is -0.507 e. The molecule has 0 radical (unpaired) electrons. The molecule has 0 spiro atoms. The second kappa shape index (κ2) is 5.62. The monoisotopic (exact) mass is 257 g/mol. The molecule has 2 heteroatoms. The Hall–Kier alpha value is -1.54. The minimum atomic E-state index is 0.215. The van der Waals surface area contributed by atoms with Crippen LogP contribution in [0.2, 0.25) is 0 Å². The van der Waals surface area contributed by atoms with Crippen LogP contribution in [0, 0.1) is 5.92 Å². The van der Waals surface area contributed by atoms with Gasteiger partial charge in [-0.2, -0.15) is 0 Å². The van der Waals surface area contributed by atoms with Crippen LogP contribution in [0.5, 0.6) is 5.75 Å². The number of nitrogens with zero attached hydrogens (tertiary/aromatic N) is 1. The van der Waals surface area contributed by atoms with E-state index in [1.807, 2.05) is 30.3 Å². The van der Waals surface area contributed by atoms with E-state index in [1.165, 1.54) is 0 Å². The summed E-state index contributed by atoms with van der Waals surface area (Å²) in [5.41, 5.74) is 1.00. The number of phenols is 1. The lowest BCUT2D eigenvalue weighted by Gasteiger charge is -2.27. The highest BCUT2D eigenvalue weighted by molar-refractivity contribution is 5.89. The fraction of sp³-hybridized carbons (Fsp3) is 0.412. The molecule has 0 saturated carbocycles. The molecule has 0 bridgehead atoms. The van der Waals surface area contributed by atoms with Crippen molar-refractivity contribution in [2.75, 3.05) is 13.6 Å². The summed E-state index contributed by atoms with van der Waals surface area (Å²) < 4.78 is 0. The van der Waals surface area contributed by atoms with Gasteiger partial charge in [0.15, 0.2) is 0 Å². The number of aromatic hydroxyl groups is 1. The van der Waals surface area contributed by atoms with Gasteiger partial charge in [0, 0.05) is 23.5 Å². The van der Waals surface area contributed by atoms with Crippen molar-refractivity contribution in [3.8, 4) is 5.75 Å². The first-order chi connectivity index (χ1) is 9.00. The van der Waals surface area contributed by atoms with Gasteiger partial charge in [0.2, 0.25) is 0 Å². The fourth-order valence-corrected chi connectivity index (χ4v) is 2.58. The van der Waals surface area contributed by atoms with Crippen LogP contribution in [0.3, 0.4) is 0 Å². The third kappa shape index (κ3) is 2.90. The average molecular weight is 257 g/mol.